The second kappa shape index (κ2) is 8.54. The van der Waals surface area contributed by atoms with Gasteiger partial charge in [0, 0.05) is 48.6 Å². The summed E-state index contributed by atoms with van der Waals surface area (Å²) in [5.74, 6) is 0.755. The molecule has 1 amide bonds. The smallest absolute Gasteiger partial charge is 0.254 e. The van der Waals surface area contributed by atoms with E-state index in [1.54, 1.807) is 6.92 Å². The number of carbonyl (C=O) groups excluding carboxylic acids is 2. The number of piperazine rings is 1. The van der Waals surface area contributed by atoms with Crippen LogP contribution in [0.4, 0.5) is 5.69 Å². The molecule has 1 saturated heterocycles. The van der Waals surface area contributed by atoms with Crippen LogP contribution in [-0.4, -0.2) is 47.9 Å². The lowest BCUT2D eigenvalue weighted by atomic mass is 10.0. The Bertz CT molecular complexity index is 1320. The predicted octanol–water partition coefficient (Wildman–Crippen LogP) is 4.97. The summed E-state index contributed by atoms with van der Waals surface area (Å²) in [6.07, 6.45) is 0. The summed E-state index contributed by atoms with van der Waals surface area (Å²) in [5, 5.41) is 5.00. The van der Waals surface area contributed by atoms with Crippen LogP contribution in [0.5, 0.6) is 0 Å². The van der Waals surface area contributed by atoms with Crippen LogP contribution >= 0.6 is 0 Å². The molecular formula is C27H25N3O3. The molecule has 0 bridgehead atoms. The highest BCUT2D eigenvalue weighted by Gasteiger charge is 2.23. The number of anilines is 1. The maximum absolute atomic E-state index is 13.2. The molecular weight excluding hydrogens is 414 g/mol. The molecule has 2 heterocycles. The fourth-order valence-corrected chi connectivity index (χ4v) is 4.24. The van der Waals surface area contributed by atoms with Crippen molar-refractivity contribution >= 4 is 28.3 Å². The molecule has 0 atom stereocenters. The van der Waals surface area contributed by atoms with E-state index in [0.29, 0.717) is 30.0 Å². The molecule has 5 rings (SSSR count). The number of amides is 1. The molecule has 6 heteroatoms. The van der Waals surface area contributed by atoms with Gasteiger partial charge in [-0.25, -0.2) is 0 Å². The van der Waals surface area contributed by atoms with Crippen molar-refractivity contribution in [3.05, 3.63) is 83.4 Å². The van der Waals surface area contributed by atoms with Crippen LogP contribution in [0, 0.1) is 6.92 Å². The van der Waals surface area contributed by atoms with Gasteiger partial charge in [-0.1, -0.05) is 35.0 Å². The normalized spacial score (nSPS) is 14.0. The number of hydrogen-bond acceptors (Lipinski definition) is 5. The third-order valence-corrected chi connectivity index (χ3v) is 6.24. The predicted molar refractivity (Wildman–Crippen MR) is 129 cm³/mol. The maximum atomic E-state index is 13.2. The second-order valence-corrected chi connectivity index (χ2v) is 8.49. The van der Waals surface area contributed by atoms with Crippen molar-refractivity contribution in [3.63, 3.8) is 0 Å². The molecule has 0 radical (unpaired) electrons. The van der Waals surface area contributed by atoms with Gasteiger partial charge in [0.1, 0.15) is 5.52 Å². The number of fused-ring (bicyclic) bond motifs is 1. The summed E-state index contributed by atoms with van der Waals surface area (Å²) in [4.78, 5) is 28.9. The van der Waals surface area contributed by atoms with Crippen molar-refractivity contribution in [2.45, 2.75) is 13.8 Å². The first kappa shape index (κ1) is 20.9. The minimum absolute atomic E-state index is 0.0135. The van der Waals surface area contributed by atoms with Gasteiger partial charge in [-0.2, -0.15) is 0 Å². The fraction of sp³-hybridized carbons (Fsp3) is 0.222. The molecule has 0 spiro atoms. The first-order valence-corrected chi connectivity index (χ1v) is 11.1. The van der Waals surface area contributed by atoms with Gasteiger partial charge in [0.15, 0.2) is 11.5 Å². The Labute approximate surface area is 192 Å². The minimum atomic E-state index is 0.0135. The van der Waals surface area contributed by atoms with Crippen LogP contribution in [0.1, 0.15) is 33.2 Å². The second-order valence-electron chi connectivity index (χ2n) is 8.49. The minimum Gasteiger partial charge on any atom is -0.368 e. The van der Waals surface area contributed by atoms with Gasteiger partial charge in [-0.3, -0.25) is 9.59 Å². The standard InChI is InChI=1S/C27H25N3O3/c1-18-3-5-21(6-4-18)26-24-17-22(9-12-25(24)28-33-26)27(32)30-15-13-29(14-16-30)23-10-7-20(8-11-23)19(2)31/h3-12,17H,13-16H2,1-2H3. The van der Waals surface area contributed by atoms with Crippen LogP contribution in [-0.2, 0) is 0 Å². The van der Waals surface area contributed by atoms with Crippen molar-refractivity contribution in [1.29, 1.82) is 0 Å². The maximum Gasteiger partial charge on any atom is 0.254 e. The SMILES string of the molecule is CC(=O)c1ccc(N2CCN(C(=O)c3ccc4noc(-c5ccc(C)cc5)c4c3)CC2)cc1. The molecule has 3 aromatic carbocycles. The lowest BCUT2D eigenvalue weighted by Gasteiger charge is -2.36. The van der Waals surface area contributed by atoms with E-state index in [1.165, 1.54) is 5.56 Å². The van der Waals surface area contributed by atoms with E-state index in [0.717, 1.165) is 35.2 Å². The lowest BCUT2D eigenvalue weighted by molar-refractivity contribution is 0.0746. The number of ketones is 1. The van der Waals surface area contributed by atoms with E-state index < -0.39 is 0 Å². The third-order valence-electron chi connectivity index (χ3n) is 6.24. The molecule has 33 heavy (non-hydrogen) atoms. The number of hydrogen-bond donors (Lipinski definition) is 0. The number of aryl methyl sites for hydroxylation is 1. The monoisotopic (exact) mass is 439 g/mol. The van der Waals surface area contributed by atoms with E-state index in [2.05, 4.69) is 10.1 Å². The number of benzene rings is 3. The van der Waals surface area contributed by atoms with E-state index in [9.17, 15) is 9.59 Å². The molecule has 0 saturated carbocycles. The molecule has 4 aromatic rings. The Morgan fingerprint density at radius 3 is 2.18 bits per heavy atom. The van der Waals surface area contributed by atoms with E-state index in [-0.39, 0.29) is 11.7 Å². The van der Waals surface area contributed by atoms with Gasteiger partial charge in [-0.05, 0) is 56.3 Å². The Morgan fingerprint density at radius 2 is 1.52 bits per heavy atom. The van der Waals surface area contributed by atoms with Crippen LogP contribution in [0.2, 0.25) is 0 Å². The summed E-state index contributed by atoms with van der Waals surface area (Å²) in [6.45, 7) is 6.38. The van der Waals surface area contributed by atoms with Gasteiger partial charge in [0.2, 0.25) is 0 Å². The molecule has 0 aliphatic carbocycles. The van der Waals surface area contributed by atoms with Gasteiger partial charge in [-0.15, -0.1) is 0 Å². The molecule has 0 N–H and O–H groups in total. The van der Waals surface area contributed by atoms with E-state index >= 15 is 0 Å². The van der Waals surface area contributed by atoms with Crippen LogP contribution < -0.4 is 4.90 Å². The van der Waals surface area contributed by atoms with Crippen LogP contribution in [0.15, 0.2) is 71.3 Å². The highest BCUT2D eigenvalue weighted by atomic mass is 16.5. The van der Waals surface area contributed by atoms with Crippen molar-refractivity contribution in [2.24, 2.45) is 0 Å². The first-order chi connectivity index (χ1) is 16.0. The highest BCUT2D eigenvalue weighted by molar-refractivity contribution is 6.01. The average molecular weight is 440 g/mol. The van der Waals surface area contributed by atoms with Crippen molar-refractivity contribution < 1.29 is 14.1 Å². The van der Waals surface area contributed by atoms with Crippen molar-refractivity contribution in [3.8, 4) is 11.3 Å². The topological polar surface area (TPSA) is 66.7 Å². The number of nitrogens with zero attached hydrogens (tertiary/aromatic N) is 3. The Hall–Kier alpha value is -3.93. The highest BCUT2D eigenvalue weighted by Crippen LogP contribution is 2.30. The Balaban J connectivity index is 1.31. The largest absolute Gasteiger partial charge is 0.368 e. The molecule has 1 aromatic heterocycles. The van der Waals surface area contributed by atoms with Crippen molar-refractivity contribution in [2.75, 3.05) is 31.1 Å². The quantitative estimate of drug-likeness (QED) is 0.420. The number of Topliss-reactive ketones (excluding diaryl/α,β-unsaturated/α-hetero) is 1. The van der Waals surface area contributed by atoms with Crippen LogP contribution in [0.25, 0.3) is 22.2 Å². The average Bonchev–Trinajstić information content (AvgIpc) is 3.27. The summed E-state index contributed by atoms with van der Waals surface area (Å²) in [6, 6.07) is 21.3. The molecule has 6 nitrogen and oxygen atoms in total. The van der Waals surface area contributed by atoms with Gasteiger partial charge < -0.3 is 14.3 Å². The number of carbonyl (C=O) groups is 2. The van der Waals surface area contributed by atoms with Crippen molar-refractivity contribution in [1.82, 2.24) is 10.1 Å². The van der Waals surface area contributed by atoms with Gasteiger partial charge >= 0.3 is 0 Å². The Kier molecular flexibility index (Phi) is 5.42. The van der Waals surface area contributed by atoms with E-state index in [1.807, 2.05) is 78.6 Å². The molecule has 166 valence electrons. The van der Waals surface area contributed by atoms with Crippen LogP contribution in [0.3, 0.4) is 0 Å². The number of aromatic nitrogens is 1. The summed E-state index contributed by atoms with van der Waals surface area (Å²) in [5.41, 5.74) is 5.27. The summed E-state index contributed by atoms with van der Waals surface area (Å²) in [7, 11) is 0. The molecule has 1 aliphatic heterocycles. The Morgan fingerprint density at radius 1 is 0.848 bits per heavy atom. The fourth-order valence-electron chi connectivity index (χ4n) is 4.24. The zero-order valence-electron chi connectivity index (χ0n) is 18.7. The van der Waals surface area contributed by atoms with Gasteiger partial charge in [0.25, 0.3) is 5.91 Å². The summed E-state index contributed by atoms with van der Waals surface area (Å²) >= 11 is 0. The first-order valence-electron chi connectivity index (χ1n) is 11.1. The molecule has 1 aliphatic rings. The van der Waals surface area contributed by atoms with E-state index in [4.69, 9.17) is 4.52 Å². The zero-order valence-corrected chi connectivity index (χ0v) is 18.7. The number of rotatable bonds is 4. The molecule has 1 fully saturated rings. The lowest BCUT2D eigenvalue weighted by Crippen LogP contribution is -2.48. The van der Waals surface area contributed by atoms with Gasteiger partial charge in [0.05, 0.1) is 5.39 Å². The summed E-state index contributed by atoms with van der Waals surface area (Å²) < 4.78 is 5.60. The zero-order chi connectivity index (χ0) is 22.9. The third kappa shape index (κ3) is 4.12. The molecule has 0 unspecified atom stereocenters.